The fourth-order valence-electron chi connectivity index (χ4n) is 2.73. The smallest absolute Gasteiger partial charge is 0.146 e. The molecule has 4 heteroatoms. The average molecular weight is 289 g/mol. The molecular formula is C17H17F2NO. The Morgan fingerprint density at radius 1 is 1.14 bits per heavy atom. The molecule has 0 saturated carbocycles. The Bertz CT molecular complexity index is 670. The number of ether oxygens (including phenoxy) is 1. The van der Waals surface area contributed by atoms with Gasteiger partial charge in [-0.15, -0.1) is 0 Å². The van der Waals surface area contributed by atoms with Crippen molar-refractivity contribution in [1.82, 2.24) is 0 Å². The molecule has 0 aliphatic carbocycles. The lowest BCUT2D eigenvalue weighted by Crippen LogP contribution is -2.37. The van der Waals surface area contributed by atoms with E-state index >= 15 is 0 Å². The third-order valence-electron chi connectivity index (χ3n) is 3.63. The van der Waals surface area contributed by atoms with E-state index in [1.54, 1.807) is 0 Å². The minimum atomic E-state index is -0.460. The number of rotatable bonds is 2. The van der Waals surface area contributed by atoms with Crippen molar-refractivity contribution < 1.29 is 13.5 Å². The van der Waals surface area contributed by atoms with Crippen LogP contribution in [0, 0.1) is 11.6 Å². The summed E-state index contributed by atoms with van der Waals surface area (Å²) >= 11 is 0. The van der Waals surface area contributed by atoms with Crippen molar-refractivity contribution in [3.8, 4) is 5.75 Å². The Balaban J connectivity index is 1.96. The molecule has 1 N–H and O–H groups in total. The SMILES string of the molecule is CC1(C)CC(Nc2cc(F)ccc2F)c2ccccc2O1. The van der Waals surface area contributed by atoms with Crippen LogP contribution in [0.2, 0.25) is 0 Å². The molecule has 1 unspecified atom stereocenters. The quantitative estimate of drug-likeness (QED) is 0.866. The predicted molar refractivity (Wildman–Crippen MR) is 78.5 cm³/mol. The number of hydrogen-bond donors (Lipinski definition) is 1. The van der Waals surface area contributed by atoms with E-state index in [-0.39, 0.29) is 17.3 Å². The molecule has 0 amide bonds. The first-order chi connectivity index (χ1) is 9.94. The molecule has 0 radical (unpaired) electrons. The zero-order valence-electron chi connectivity index (χ0n) is 12.0. The summed E-state index contributed by atoms with van der Waals surface area (Å²) in [6, 6.07) is 11.0. The molecule has 0 bridgehead atoms. The van der Waals surface area contributed by atoms with Crippen LogP contribution in [0.3, 0.4) is 0 Å². The van der Waals surface area contributed by atoms with Gasteiger partial charge in [0.25, 0.3) is 0 Å². The summed E-state index contributed by atoms with van der Waals surface area (Å²) in [4.78, 5) is 0. The Morgan fingerprint density at radius 2 is 1.90 bits per heavy atom. The summed E-state index contributed by atoms with van der Waals surface area (Å²) in [7, 11) is 0. The minimum Gasteiger partial charge on any atom is -0.487 e. The number of para-hydroxylation sites is 1. The minimum absolute atomic E-state index is 0.124. The van der Waals surface area contributed by atoms with Crippen LogP contribution in [0.4, 0.5) is 14.5 Å². The summed E-state index contributed by atoms with van der Waals surface area (Å²) in [5.74, 6) is -0.139. The van der Waals surface area contributed by atoms with Gasteiger partial charge in [0.1, 0.15) is 23.0 Å². The van der Waals surface area contributed by atoms with E-state index in [0.29, 0.717) is 6.42 Å². The van der Waals surface area contributed by atoms with Gasteiger partial charge in [-0.2, -0.15) is 0 Å². The van der Waals surface area contributed by atoms with Crippen LogP contribution in [0.1, 0.15) is 31.9 Å². The summed E-state index contributed by atoms with van der Waals surface area (Å²) in [6.45, 7) is 3.97. The van der Waals surface area contributed by atoms with Gasteiger partial charge < -0.3 is 10.1 Å². The largest absolute Gasteiger partial charge is 0.487 e. The topological polar surface area (TPSA) is 21.3 Å². The molecule has 0 fully saturated rings. The lowest BCUT2D eigenvalue weighted by Gasteiger charge is -2.38. The fourth-order valence-corrected chi connectivity index (χ4v) is 2.73. The first kappa shape index (κ1) is 13.9. The van der Waals surface area contributed by atoms with Gasteiger partial charge in [-0.05, 0) is 38.1 Å². The molecule has 2 aromatic rings. The maximum atomic E-state index is 13.8. The Hall–Kier alpha value is -2.10. The van der Waals surface area contributed by atoms with Crippen molar-refractivity contribution in [3.05, 3.63) is 59.7 Å². The predicted octanol–water partition coefficient (Wildman–Crippen LogP) is 4.68. The van der Waals surface area contributed by atoms with Gasteiger partial charge in [-0.3, -0.25) is 0 Å². The van der Waals surface area contributed by atoms with Crippen molar-refractivity contribution >= 4 is 5.69 Å². The maximum absolute atomic E-state index is 13.8. The first-order valence-electron chi connectivity index (χ1n) is 6.94. The monoisotopic (exact) mass is 289 g/mol. The Morgan fingerprint density at radius 3 is 2.71 bits per heavy atom. The standard InChI is InChI=1S/C17H17F2NO/c1-17(2)10-15(12-5-3-4-6-16(12)21-17)20-14-9-11(18)7-8-13(14)19/h3-9,15,20H,10H2,1-2H3. The molecule has 1 atom stereocenters. The van der Waals surface area contributed by atoms with Crippen LogP contribution in [0.5, 0.6) is 5.75 Å². The summed E-state index contributed by atoms with van der Waals surface area (Å²) in [5.41, 5.74) is 0.767. The van der Waals surface area contributed by atoms with E-state index in [1.165, 1.54) is 6.07 Å². The lowest BCUT2D eigenvalue weighted by molar-refractivity contribution is 0.0758. The average Bonchev–Trinajstić information content (AvgIpc) is 2.41. The van der Waals surface area contributed by atoms with Crippen molar-refractivity contribution in [2.75, 3.05) is 5.32 Å². The second-order valence-corrected chi connectivity index (χ2v) is 5.92. The van der Waals surface area contributed by atoms with Gasteiger partial charge in [-0.25, -0.2) is 8.78 Å². The van der Waals surface area contributed by atoms with Crippen LogP contribution in [0.25, 0.3) is 0 Å². The van der Waals surface area contributed by atoms with E-state index in [1.807, 2.05) is 38.1 Å². The Labute approximate surface area is 122 Å². The van der Waals surface area contributed by atoms with Gasteiger partial charge >= 0.3 is 0 Å². The number of fused-ring (bicyclic) bond motifs is 1. The number of hydrogen-bond acceptors (Lipinski definition) is 2. The van der Waals surface area contributed by atoms with Crippen molar-refractivity contribution in [2.45, 2.75) is 31.9 Å². The molecule has 110 valence electrons. The summed E-state index contributed by atoms with van der Waals surface area (Å²) in [6.07, 6.45) is 0.667. The molecule has 2 aromatic carbocycles. The van der Waals surface area contributed by atoms with E-state index < -0.39 is 11.6 Å². The van der Waals surface area contributed by atoms with Crippen molar-refractivity contribution in [3.63, 3.8) is 0 Å². The molecule has 0 saturated heterocycles. The molecular weight excluding hydrogens is 272 g/mol. The molecule has 2 nitrogen and oxygen atoms in total. The van der Waals surface area contributed by atoms with E-state index in [9.17, 15) is 8.78 Å². The van der Waals surface area contributed by atoms with E-state index in [4.69, 9.17) is 4.74 Å². The van der Waals surface area contributed by atoms with Crippen LogP contribution < -0.4 is 10.1 Å². The molecule has 1 aliphatic rings. The highest BCUT2D eigenvalue weighted by Crippen LogP contribution is 2.41. The van der Waals surface area contributed by atoms with Gasteiger partial charge in [-0.1, -0.05) is 18.2 Å². The third-order valence-corrected chi connectivity index (χ3v) is 3.63. The zero-order chi connectivity index (χ0) is 15.0. The van der Waals surface area contributed by atoms with Crippen LogP contribution in [-0.2, 0) is 0 Å². The van der Waals surface area contributed by atoms with E-state index in [2.05, 4.69) is 5.32 Å². The van der Waals surface area contributed by atoms with Crippen LogP contribution in [-0.4, -0.2) is 5.60 Å². The number of benzene rings is 2. The highest BCUT2D eigenvalue weighted by molar-refractivity contribution is 5.50. The van der Waals surface area contributed by atoms with Crippen LogP contribution >= 0.6 is 0 Å². The molecule has 1 heterocycles. The maximum Gasteiger partial charge on any atom is 0.146 e. The van der Waals surface area contributed by atoms with E-state index in [0.717, 1.165) is 23.4 Å². The fraction of sp³-hybridized carbons (Fsp3) is 0.294. The van der Waals surface area contributed by atoms with Crippen molar-refractivity contribution in [1.29, 1.82) is 0 Å². The summed E-state index contributed by atoms with van der Waals surface area (Å²) < 4.78 is 33.1. The van der Waals surface area contributed by atoms with Gasteiger partial charge in [0.2, 0.25) is 0 Å². The molecule has 0 spiro atoms. The van der Waals surface area contributed by atoms with Crippen LogP contribution in [0.15, 0.2) is 42.5 Å². The molecule has 0 aromatic heterocycles. The molecule has 3 rings (SSSR count). The molecule has 21 heavy (non-hydrogen) atoms. The van der Waals surface area contributed by atoms with Crippen molar-refractivity contribution in [2.24, 2.45) is 0 Å². The highest BCUT2D eigenvalue weighted by Gasteiger charge is 2.33. The van der Waals surface area contributed by atoms with Gasteiger partial charge in [0.05, 0.1) is 11.7 Å². The molecule has 1 aliphatic heterocycles. The Kier molecular flexibility index (Phi) is 3.32. The highest BCUT2D eigenvalue weighted by atomic mass is 19.1. The van der Waals surface area contributed by atoms with Gasteiger partial charge in [0.15, 0.2) is 0 Å². The number of nitrogens with one attached hydrogen (secondary N) is 1. The number of anilines is 1. The normalized spacial score (nSPS) is 19.5. The first-order valence-corrected chi connectivity index (χ1v) is 6.94. The second kappa shape index (κ2) is 5.02. The third kappa shape index (κ3) is 2.84. The lowest BCUT2D eigenvalue weighted by atomic mass is 9.89. The number of halogens is 2. The summed E-state index contributed by atoms with van der Waals surface area (Å²) in [5, 5.41) is 3.11. The zero-order valence-corrected chi connectivity index (χ0v) is 12.0. The van der Waals surface area contributed by atoms with Gasteiger partial charge in [0, 0.05) is 12.0 Å². The second-order valence-electron chi connectivity index (χ2n) is 5.92.